The van der Waals surface area contributed by atoms with Crippen molar-refractivity contribution in [2.24, 2.45) is 11.8 Å². The van der Waals surface area contributed by atoms with E-state index in [4.69, 9.17) is 0 Å². The molecule has 1 unspecified atom stereocenters. The monoisotopic (exact) mass is 334 g/mol. The van der Waals surface area contributed by atoms with Crippen LogP contribution in [0.25, 0.3) is 0 Å². The van der Waals surface area contributed by atoms with Gasteiger partial charge in [-0.15, -0.1) is 0 Å². The number of allylic oxidation sites excluding steroid dienone is 2. The van der Waals surface area contributed by atoms with Crippen LogP contribution in [0.3, 0.4) is 0 Å². The number of thioether (sulfide) groups is 1. The van der Waals surface area contributed by atoms with Crippen molar-refractivity contribution in [1.29, 1.82) is 0 Å². The highest BCUT2D eigenvalue weighted by Gasteiger charge is 2.21. The Labute approximate surface area is 150 Å². The molecule has 1 aromatic rings. The first-order valence-corrected chi connectivity index (χ1v) is 10.5. The Morgan fingerprint density at radius 3 is 2.09 bits per heavy atom. The molecule has 1 saturated heterocycles. The summed E-state index contributed by atoms with van der Waals surface area (Å²) in [6, 6.07) is 10.3. The summed E-state index contributed by atoms with van der Waals surface area (Å²) in [5.41, 5.74) is 1.32. The molecule has 1 fully saturated rings. The number of benzene rings is 1. The number of aryl methyl sites for hydroxylation is 1. The van der Waals surface area contributed by atoms with E-state index in [1.54, 1.807) is 0 Å². The van der Waals surface area contributed by atoms with E-state index in [1.807, 2.05) is 18.2 Å². The summed E-state index contributed by atoms with van der Waals surface area (Å²) in [7, 11) is 0. The zero-order valence-electron chi connectivity index (χ0n) is 16.1. The summed E-state index contributed by atoms with van der Waals surface area (Å²) in [4.78, 5) is 0. The molecule has 0 aliphatic carbocycles. The molecule has 0 radical (unpaired) electrons. The van der Waals surface area contributed by atoms with Gasteiger partial charge >= 0.3 is 0 Å². The predicted molar refractivity (Wildman–Crippen MR) is 110 cm³/mol. The van der Waals surface area contributed by atoms with Crippen molar-refractivity contribution in [3.63, 3.8) is 0 Å². The van der Waals surface area contributed by atoms with Crippen LogP contribution >= 0.6 is 11.8 Å². The van der Waals surface area contributed by atoms with Gasteiger partial charge in [0.25, 0.3) is 0 Å². The molecule has 1 aliphatic heterocycles. The molecular formula is C22H38S. The normalized spacial score (nSPS) is 19.7. The van der Waals surface area contributed by atoms with Crippen molar-refractivity contribution < 1.29 is 0 Å². The third-order valence-corrected chi connectivity index (χ3v) is 5.53. The molecule has 1 heterocycles. The maximum absolute atomic E-state index is 2.37. The van der Waals surface area contributed by atoms with Gasteiger partial charge in [-0.3, -0.25) is 0 Å². The summed E-state index contributed by atoms with van der Waals surface area (Å²) in [5, 5.41) is 0. The zero-order chi connectivity index (χ0) is 17.3. The zero-order valence-corrected chi connectivity index (χ0v) is 16.9. The Bertz CT molecular complexity index is 369. The Balaban J connectivity index is 0.000000316. The number of rotatable bonds is 5. The third kappa shape index (κ3) is 13.4. The van der Waals surface area contributed by atoms with Gasteiger partial charge in [-0.25, -0.2) is 0 Å². The average Bonchev–Trinajstić information content (AvgIpc) is 2.99. The van der Waals surface area contributed by atoms with E-state index in [2.05, 4.69) is 70.7 Å². The van der Waals surface area contributed by atoms with Crippen LogP contribution in [0.1, 0.15) is 65.4 Å². The van der Waals surface area contributed by atoms with Crippen molar-refractivity contribution in [1.82, 2.24) is 0 Å². The quantitative estimate of drug-likeness (QED) is 0.396. The maximum Gasteiger partial charge on any atom is -0.00363 e. The summed E-state index contributed by atoms with van der Waals surface area (Å²) in [5.74, 6) is 4.83. The molecule has 0 amide bonds. The van der Waals surface area contributed by atoms with Crippen molar-refractivity contribution in [2.75, 3.05) is 11.5 Å². The fraction of sp³-hybridized carbons (Fsp3) is 0.636. The van der Waals surface area contributed by atoms with Crippen LogP contribution in [-0.2, 0) is 0 Å². The molecule has 0 bridgehead atoms. The number of hydrogen-bond acceptors (Lipinski definition) is 1. The lowest BCUT2D eigenvalue weighted by Gasteiger charge is -2.09. The molecular weight excluding hydrogens is 296 g/mol. The van der Waals surface area contributed by atoms with Gasteiger partial charge in [-0.05, 0) is 43.1 Å². The molecule has 0 spiro atoms. The smallest absolute Gasteiger partial charge is 0.00363 e. The summed E-state index contributed by atoms with van der Waals surface area (Å²) in [6.07, 6.45) is 11.0. The second-order valence-electron chi connectivity index (χ2n) is 6.36. The number of unbranched alkanes of at least 4 members (excludes halogenated alkanes) is 2. The SMILES string of the molecule is CC/C=C\CCCC.CCC1CSC[C@H]1C.Cc1ccccc1. The second kappa shape index (κ2) is 16.2. The highest BCUT2D eigenvalue weighted by molar-refractivity contribution is 7.99. The van der Waals surface area contributed by atoms with Gasteiger partial charge < -0.3 is 0 Å². The first-order valence-electron chi connectivity index (χ1n) is 9.39. The van der Waals surface area contributed by atoms with Gasteiger partial charge in [0.1, 0.15) is 0 Å². The van der Waals surface area contributed by atoms with Gasteiger partial charge in [0, 0.05) is 0 Å². The van der Waals surface area contributed by atoms with E-state index in [1.165, 1.54) is 49.2 Å². The Hall–Kier alpha value is -0.690. The lowest BCUT2D eigenvalue weighted by Crippen LogP contribution is -2.05. The molecule has 2 atom stereocenters. The van der Waals surface area contributed by atoms with Crippen LogP contribution in [0.15, 0.2) is 42.5 Å². The van der Waals surface area contributed by atoms with E-state index < -0.39 is 0 Å². The molecule has 1 aromatic carbocycles. The van der Waals surface area contributed by atoms with Crippen LogP contribution < -0.4 is 0 Å². The molecule has 0 saturated carbocycles. The van der Waals surface area contributed by atoms with Gasteiger partial charge in [0.2, 0.25) is 0 Å². The van der Waals surface area contributed by atoms with Gasteiger partial charge in [-0.1, -0.05) is 95.0 Å². The Kier molecular flexibility index (Phi) is 15.7. The largest absolute Gasteiger partial charge is 0.161 e. The van der Waals surface area contributed by atoms with Crippen LogP contribution in [0.5, 0.6) is 0 Å². The van der Waals surface area contributed by atoms with Crippen molar-refractivity contribution in [3.8, 4) is 0 Å². The van der Waals surface area contributed by atoms with E-state index in [-0.39, 0.29) is 0 Å². The first kappa shape index (κ1) is 22.3. The summed E-state index contributed by atoms with van der Waals surface area (Å²) < 4.78 is 0. The topological polar surface area (TPSA) is 0 Å². The lowest BCUT2D eigenvalue weighted by atomic mass is 9.96. The summed E-state index contributed by atoms with van der Waals surface area (Å²) in [6.45, 7) is 11.1. The Morgan fingerprint density at radius 2 is 1.74 bits per heavy atom. The fourth-order valence-corrected chi connectivity index (χ4v) is 4.01. The van der Waals surface area contributed by atoms with E-state index in [9.17, 15) is 0 Å². The molecule has 0 aromatic heterocycles. The van der Waals surface area contributed by atoms with Gasteiger partial charge in [-0.2, -0.15) is 11.8 Å². The van der Waals surface area contributed by atoms with Crippen LogP contribution in [0.4, 0.5) is 0 Å². The minimum Gasteiger partial charge on any atom is -0.161 e. The van der Waals surface area contributed by atoms with Crippen LogP contribution in [0, 0.1) is 18.8 Å². The van der Waals surface area contributed by atoms with Gasteiger partial charge in [0.15, 0.2) is 0 Å². The van der Waals surface area contributed by atoms with E-state index in [0.717, 1.165) is 11.8 Å². The molecule has 2 rings (SSSR count). The molecule has 23 heavy (non-hydrogen) atoms. The third-order valence-electron chi connectivity index (χ3n) is 4.11. The Morgan fingerprint density at radius 1 is 1.04 bits per heavy atom. The molecule has 0 N–H and O–H groups in total. The fourth-order valence-electron chi connectivity index (χ4n) is 2.37. The molecule has 0 nitrogen and oxygen atoms in total. The highest BCUT2D eigenvalue weighted by Crippen LogP contribution is 2.31. The molecule has 132 valence electrons. The highest BCUT2D eigenvalue weighted by atomic mass is 32.2. The van der Waals surface area contributed by atoms with Crippen molar-refractivity contribution >= 4 is 11.8 Å². The molecule has 1 heteroatoms. The summed E-state index contributed by atoms with van der Waals surface area (Å²) >= 11 is 2.11. The van der Waals surface area contributed by atoms with E-state index >= 15 is 0 Å². The number of hydrogen-bond donors (Lipinski definition) is 0. The van der Waals surface area contributed by atoms with Crippen molar-refractivity contribution in [2.45, 2.75) is 66.7 Å². The maximum atomic E-state index is 2.37. The van der Waals surface area contributed by atoms with Crippen molar-refractivity contribution in [3.05, 3.63) is 48.0 Å². The first-order chi connectivity index (χ1) is 11.2. The predicted octanol–water partition coefficient (Wildman–Crippen LogP) is 7.53. The van der Waals surface area contributed by atoms with Crippen LogP contribution in [-0.4, -0.2) is 11.5 Å². The second-order valence-corrected chi connectivity index (χ2v) is 7.43. The van der Waals surface area contributed by atoms with E-state index in [0.29, 0.717) is 0 Å². The average molecular weight is 335 g/mol. The van der Waals surface area contributed by atoms with Crippen LogP contribution in [0.2, 0.25) is 0 Å². The molecule has 1 aliphatic rings. The minimum absolute atomic E-state index is 0.991. The van der Waals surface area contributed by atoms with Gasteiger partial charge in [0.05, 0.1) is 0 Å². The standard InChI is InChI=1S/C8H16.C7H14S.C7H8/c1-3-5-7-8-6-4-2;1-3-7-5-8-4-6(7)2;1-7-5-3-2-4-6-7/h5,7H,3-4,6,8H2,1-2H3;6-7H,3-5H2,1-2H3;2-6H,1H3/b7-5-;;/t;6-,7?;/m.1./s1. The minimum atomic E-state index is 0.991. The lowest BCUT2D eigenvalue weighted by molar-refractivity contribution is 0.440.